The Kier molecular flexibility index (Phi) is 2.20. The van der Waals surface area contributed by atoms with Gasteiger partial charge in [0.25, 0.3) is 0 Å². The summed E-state index contributed by atoms with van der Waals surface area (Å²) in [6.07, 6.45) is 1.15. The molecule has 1 aromatic carbocycles. The Bertz CT molecular complexity index is 285. The van der Waals surface area contributed by atoms with Crippen LogP contribution in [-0.2, 0) is 0 Å². The van der Waals surface area contributed by atoms with Crippen LogP contribution in [0, 0.1) is 5.92 Å². The number of hydrogen-bond donors (Lipinski definition) is 1. The molecule has 0 aromatic heterocycles. The number of benzene rings is 1. The molecule has 0 spiro atoms. The van der Waals surface area contributed by atoms with Gasteiger partial charge in [-0.1, -0.05) is 28.1 Å². The molecule has 2 heteroatoms. The zero-order valence-electron chi connectivity index (χ0n) is 6.70. The van der Waals surface area contributed by atoms with E-state index in [9.17, 15) is 0 Å². The van der Waals surface area contributed by atoms with Crippen LogP contribution in [0.1, 0.15) is 17.9 Å². The van der Waals surface area contributed by atoms with Gasteiger partial charge in [0.2, 0.25) is 0 Å². The summed E-state index contributed by atoms with van der Waals surface area (Å²) in [4.78, 5) is 0. The van der Waals surface area contributed by atoms with Gasteiger partial charge >= 0.3 is 0 Å². The Morgan fingerprint density at radius 1 is 1.50 bits per heavy atom. The second-order valence-corrected chi connectivity index (χ2v) is 4.26. The number of halogens is 1. The van der Waals surface area contributed by atoms with Gasteiger partial charge in [0, 0.05) is 11.1 Å². The lowest BCUT2D eigenvalue weighted by Crippen LogP contribution is -1.88. The largest absolute Gasteiger partial charge is 0.396 e. The van der Waals surface area contributed by atoms with E-state index < -0.39 is 0 Å². The zero-order chi connectivity index (χ0) is 8.55. The predicted octanol–water partition coefficient (Wildman–Crippen LogP) is 2.54. The fraction of sp³-hybridized carbons (Fsp3) is 0.400. The minimum Gasteiger partial charge on any atom is -0.396 e. The highest BCUT2D eigenvalue weighted by atomic mass is 79.9. The summed E-state index contributed by atoms with van der Waals surface area (Å²) in [5, 5.41) is 8.90. The Morgan fingerprint density at radius 2 is 2.33 bits per heavy atom. The lowest BCUT2D eigenvalue weighted by molar-refractivity contribution is 0.274. The minimum atomic E-state index is 0.331. The fourth-order valence-electron chi connectivity index (χ4n) is 1.59. The third kappa shape index (κ3) is 1.54. The van der Waals surface area contributed by atoms with Gasteiger partial charge in [-0.15, -0.1) is 0 Å². The third-order valence-corrected chi connectivity index (χ3v) is 2.93. The lowest BCUT2D eigenvalue weighted by Gasteiger charge is -1.98. The van der Waals surface area contributed by atoms with Crippen molar-refractivity contribution in [1.29, 1.82) is 0 Å². The first-order valence-electron chi connectivity index (χ1n) is 4.17. The highest BCUT2D eigenvalue weighted by molar-refractivity contribution is 9.10. The molecule has 0 bridgehead atoms. The molecule has 12 heavy (non-hydrogen) atoms. The second kappa shape index (κ2) is 3.19. The van der Waals surface area contributed by atoms with Crippen molar-refractivity contribution in [1.82, 2.24) is 0 Å². The van der Waals surface area contributed by atoms with E-state index in [0.29, 0.717) is 18.4 Å². The summed E-state index contributed by atoms with van der Waals surface area (Å²) >= 11 is 3.44. The Hall–Kier alpha value is -0.340. The van der Waals surface area contributed by atoms with Crippen LogP contribution in [0.15, 0.2) is 28.7 Å². The van der Waals surface area contributed by atoms with Crippen LogP contribution in [-0.4, -0.2) is 11.7 Å². The molecule has 1 nitrogen and oxygen atoms in total. The van der Waals surface area contributed by atoms with Crippen LogP contribution >= 0.6 is 15.9 Å². The molecule has 0 amide bonds. The monoisotopic (exact) mass is 226 g/mol. The van der Waals surface area contributed by atoms with Crippen LogP contribution in [0.3, 0.4) is 0 Å². The van der Waals surface area contributed by atoms with E-state index in [1.807, 2.05) is 12.1 Å². The van der Waals surface area contributed by atoms with Crippen LogP contribution in [0.5, 0.6) is 0 Å². The number of rotatable bonds is 2. The van der Waals surface area contributed by atoms with Gasteiger partial charge < -0.3 is 5.11 Å². The van der Waals surface area contributed by atoms with Crippen molar-refractivity contribution >= 4 is 15.9 Å². The first-order valence-corrected chi connectivity index (χ1v) is 4.97. The topological polar surface area (TPSA) is 20.2 Å². The number of hydrogen-bond acceptors (Lipinski definition) is 1. The van der Waals surface area contributed by atoms with Gasteiger partial charge in [0.1, 0.15) is 0 Å². The van der Waals surface area contributed by atoms with E-state index in [1.54, 1.807) is 0 Å². The molecular formula is C10H11BrO. The van der Waals surface area contributed by atoms with Crippen molar-refractivity contribution in [3.8, 4) is 0 Å². The van der Waals surface area contributed by atoms with Gasteiger partial charge in [-0.2, -0.15) is 0 Å². The normalized spacial score (nSPS) is 27.2. The van der Waals surface area contributed by atoms with E-state index in [4.69, 9.17) is 5.11 Å². The first-order chi connectivity index (χ1) is 5.81. The maximum atomic E-state index is 8.90. The van der Waals surface area contributed by atoms with Crippen molar-refractivity contribution in [3.63, 3.8) is 0 Å². The van der Waals surface area contributed by atoms with Crippen molar-refractivity contribution in [2.24, 2.45) is 5.92 Å². The molecule has 1 aliphatic rings. The third-order valence-electron chi connectivity index (χ3n) is 2.43. The van der Waals surface area contributed by atoms with Crippen molar-refractivity contribution in [2.45, 2.75) is 12.3 Å². The van der Waals surface area contributed by atoms with Gasteiger partial charge in [-0.3, -0.25) is 0 Å². The van der Waals surface area contributed by atoms with Crippen LogP contribution in [0.4, 0.5) is 0 Å². The van der Waals surface area contributed by atoms with E-state index in [1.165, 1.54) is 5.56 Å². The Labute approximate surface area is 80.5 Å². The quantitative estimate of drug-likeness (QED) is 0.823. The molecule has 64 valence electrons. The van der Waals surface area contributed by atoms with Crippen LogP contribution < -0.4 is 0 Å². The van der Waals surface area contributed by atoms with Crippen LogP contribution in [0.25, 0.3) is 0 Å². The molecule has 2 atom stereocenters. The molecule has 2 rings (SSSR count). The lowest BCUT2D eigenvalue weighted by atomic mass is 10.1. The zero-order valence-corrected chi connectivity index (χ0v) is 8.29. The van der Waals surface area contributed by atoms with Gasteiger partial charge in [-0.05, 0) is 36.0 Å². The first kappa shape index (κ1) is 8.27. The second-order valence-electron chi connectivity index (χ2n) is 3.34. The summed E-state index contributed by atoms with van der Waals surface area (Å²) in [6, 6.07) is 8.34. The van der Waals surface area contributed by atoms with E-state index in [0.717, 1.165) is 10.9 Å². The summed E-state index contributed by atoms with van der Waals surface area (Å²) in [5.74, 6) is 1.12. The average Bonchev–Trinajstić information content (AvgIpc) is 2.83. The molecule has 0 unspecified atom stereocenters. The summed E-state index contributed by atoms with van der Waals surface area (Å²) in [7, 11) is 0. The number of aliphatic hydroxyl groups excluding tert-OH is 1. The highest BCUT2D eigenvalue weighted by Crippen LogP contribution is 2.47. The minimum absolute atomic E-state index is 0.331. The molecule has 1 saturated carbocycles. The summed E-state index contributed by atoms with van der Waals surface area (Å²) < 4.78 is 1.13. The number of aliphatic hydroxyl groups is 1. The smallest absolute Gasteiger partial charge is 0.0465 e. The fourth-order valence-corrected chi connectivity index (χ4v) is 2.01. The molecule has 0 heterocycles. The van der Waals surface area contributed by atoms with Crippen molar-refractivity contribution < 1.29 is 5.11 Å². The van der Waals surface area contributed by atoms with E-state index >= 15 is 0 Å². The van der Waals surface area contributed by atoms with E-state index in [-0.39, 0.29) is 0 Å². The molecule has 0 aliphatic heterocycles. The SMILES string of the molecule is OC[C@@H]1C[C@H]1c1cccc(Br)c1. The van der Waals surface area contributed by atoms with Crippen molar-refractivity contribution in [3.05, 3.63) is 34.3 Å². The molecule has 0 saturated heterocycles. The molecule has 1 aliphatic carbocycles. The molecule has 1 fully saturated rings. The maximum absolute atomic E-state index is 8.90. The predicted molar refractivity (Wildman–Crippen MR) is 52.1 cm³/mol. The van der Waals surface area contributed by atoms with Crippen LogP contribution in [0.2, 0.25) is 0 Å². The van der Waals surface area contributed by atoms with Gasteiger partial charge in [-0.25, -0.2) is 0 Å². The van der Waals surface area contributed by atoms with Gasteiger partial charge in [0.05, 0.1) is 0 Å². The van der Waals surface area contributed by atoms with Gasteiger partial charge in [0.15, 0.2) is 0 Å². The molecular weight excluding hydrogens is 216 g/mol. The Balaban J connectivity index is 2.14. The average molecular weight is 227 g/mol. The van der Waals surface area contributed by atoms with E-state index in [2.05, 4.69) is 28.1 Å². The highest BCUT2D eigenvalue weighted by Gasteiger charge is 2.37. The Morgan fingerprint density at radius 3 is 2.92 bits per heavy atom. The molecule has 0 radical (unpaired) electrons. The molecule has 1 aromatic rings. The maximum Gasteiger partial charge on any atom is 0.0465 e. The van der Waals surface area contributed by atoms with Crippen molar-refractivity contribution in [2.75, 3.05) is 6.61 Å². The standard InChI is InChI=1S/C10H11BrO/c11-9-3-1-2-7(4-9)10-5-8(10)6-12/h1-4,8,10,12H,5-6H2/t8-,10-/m0/s1. The summed E-state index contributed by atoms with van der Waals surface area (Å²) in [6.45, 7) is 0.331. The molecule has 1 N–H and O–H groups in total. The summed E-state index contributed by atoms with van der Waals surface area (Å²) in [5.41, 5.74) is 1.35.